The lowest BCUT2D eigenvalue weighted by molar-refractivity contribution is -0.0476. The molecule has 4 nitrogen and oxygen atoms in total. The van der Waals surface area contributed by atoms with Gasteiger partial charge in [-0.3, -0.25) is 9.48 Å². The minimum Gasteiger partial charge on any atom is -0.357 e. The van der Waals surface area contributed by atoms with E-state index < -0.39 is 5.92 Å². The van der Waals surface area contributed by atoms with E-state index >= 15 is 0 Å². The second kappa shape index (κ2) is 7.12. The van der Waals surface area contributed by atoms with Gasteiger partial charge in [0.05, 0.1) is 17.1 Å². The molecule has 0 atom stereocenters. The van der Waals surface area contributed by atoms with Gasteiger partial charge < -0.3 is 4.98 Å². The summed E-state index contributed by atoms with van der Waals surface area (Å²) in [6.45, 7) is 12.7. The summed E-state index contributed by atoms with van der Waals surface area (Å²) in [7, 11) is 0. The first-order chi connectivity index (χ1) is 12.9. The molecule has 0 aromatic carbocycles. The third-order valence-electron chi connectivity index (χ3n) is 5.95. The molecular formula is C22H31F2N3O. The molecule has 0 radical (unpaired) electrons. The van der Waals surface area contributed by atoms with Crippen molar-refractivity contribution in [2.45, 2.75) is 85.1 Å². The Hall–Kier alpha value is -1.98. The summed E-state index contributed by atoms with van der Waals surface area (Å²) >= 11 is 0. The quantitative estimate of drug-likeness (QED) is 0.773. The maximum absolute atomic E-state index is 13.5. The summed E-state index contributed by atoms with van der Waals surface area (Å²) < 4.78 is 29.0. The monoisotopic (exact) mass is 391 g/mol. The van der Waals surface area contributed by atoms with Crippen LogP contribution in [0, 0.1) is 26.7 Å². The fraction of sp³-hybridized carbons (Fsp3) is 0.636. The van der Waals surface area contributed by atoms with E-state index in [1.807, 2.05) is 25.5 Å². The van der Waals surface area contributed by atoms with Crippen molar-refractivity contribution in [3.8, 4) is 11.4 Å². The lowest BCUT2D eigenvalue weighted by Gasteiger charge is -2.28. The van der Waals surface area contributed by atoms with Crippen LogP contribution in [0.5, 0.6) is 0 Å². The molecule has 0 bridgehead atoms. The topological polar surface area (TPSA) is 50.7 Å². The van der Waals surface area contributed by atoms with Gasteiger partial charge in [0.15, 0.2) is 5.43 Å². The van der Waals surface area contributed by atoms with Crippen LogP contribution in [0.4, 0.5) is 8.78 Å². The van der Waals surface area contributed by atoms with Crippen molar-refractivity contribution >= 4 is 0 Å². The van der Waals surface area contributed by atoms with Crippen molar-refractivity contribution in [3.05, 3.63) is 38.8 Å². The molecule has 3 rings (SSSR count). The molecule has 2 aromatic heterocycles. The van der Waals surface area contributed by atoms with Crippen LogP contribution in [0.2, 0.25) is 0 Å². The zero-order valence-electron chi connectivity index (χ0n) is 17.7. The number of hydrogen-bond acceptors (Lipinski definition) is 2. The number of pyridine rings is 1. The van der Waals surface area contributed by atoms with E-state index in [0.717, 1.165) is 28.3 Å². The third kappa shape index (κ3) is 4.06. The van der Waals surface area contributed by atoms with E-state index in [1.54, 1.807) is 6.07 Å². The number of rotatable bonds is 3. The molecule has 0 aliphatic heterocycles. The molecule has 28 heavy (non-hydrogen) atoms. The van der Waals surface area contributed by atoms with Crippen molar-refractivity contribution in [2.24, 2.45) is 5.92 Å². The molecule has 2 aromatic rings. The van der Waals surface area contributed by atoms with E-state index in [4.69, 9.17) is 5.10 Å². The fourth-order valence-electron chi connectivity index (χ4n) is 4.15. The van der Waals surface area contributed by atoms with Crippen LogP contribution in [-0.2, 0) is 12.0 Å². The van der Waals surface area contributed by atoms with Crippen molar-refractivity contribution in [1.29, 1.82) is 0 Å². The highest BCUT2D eigenvalue weighted by Gasteiger charge is 2.35. The average Bonchev–Trinajstić information content (AvgIpc) is 2.90. The molecule has 1 N–H and O–H groups in total. The Kier molecular flexibility index (Phi) is 5.28. The first-order valence-electron chi connectivity index (χ1n) is 10.1. The molecule has 1 fully saturated rings. The average molecular weight is 392 g/mol. The van der Waals surface area contributed by atoms with E-state index in [2.05, 4.69) is 25.8 Å². The third-order valence-corrected chi connectivity index (χ3v) is 5.95. The van der Waals surface area contributed by atoms with Gasteiger partial charge in [-0.15, -0.1) is 0 Å². The number of nitrogens with one attached hydrogen (secondary N) is 1. The molecule has 0 amide bonds. The van der Waals surface area contributed by atoms with Gasteiger partial charge in [0.25, 0.3) is 0 Å². The van der Waals surface area contributed by atoms with E-state index in [0.29, 0.717) is 24.9 Å². The van der Waals surface area contributed by atoms with Gasteiger partial charge in [-0.2, -0.15) is 5.10 Å². The molecule has 0 unspecified atom stereocenters. The maximum atomic E-state index is 13.5. The van der Waals surface area contributed by atoms with Gasteiger partial charge in [0, 0.05) is 47.7 Å². The van der Waals surface area contributed by atoms with Crippen LogP contribution in [0.15, 0.2) is 10.9 Å². The fourth-order valence-corrected chi connectivity index (χ4v) is 4.15. The zero-order chi connectivity index (χ0) is 20.9. The molecule has 1 saturated carbocycles. The van der Waals surface area contributed by atoms with E-state index in [-0.39, 0.29) is 29.6 Å². The lowest BCUT2D eigenvalue weighted by atomic mass is 9.86. The lowest BCUT2D eigenvalue weighted by Crippen LogP contribution is -2.27. The second-order valence-electron chi connectivity index (χ2n) is 9.35. The number of H-pyrrole nitrogens is 1. The smallest absolute Gasteiger partial charge is 0.248 e. The van der Waals surface area contributed by atoms with E-state index in [1.165, 1.54) is 0 Å². The highest BCUT2D eigenvalue weighted by atomic mass is 19.3. The Morgan fingerprint density at radius 2 is 1.79 bits per heavy atom. The van der Waals surface area contributed by atoms with Crippen LogP contribution in [0.3, 0.4) is 0 Å². The summed E-state index contributed by atoms with van der Waals surface area (Å²) in [6.07, 6.45) is 0.888. The molecular weight excluding hydrogens is 360 g/mol. The number of aromatic nitrogens is 3. The molecule has 1 aliphatic carbocycles. The van der Waals surface area contributed by atoms with Crippen molar-refractivity contribution in [1.82, 2.24) is 14.8 Å². The number of halogens is 2. The standard InChI is InChI=1S/C22H31F2N3O/c1-13-15(3)25-17(11-18(13)28)19-14(2)20(21(4,5)6)26-27(19)12-16-7-9-22(23,24)10-8-16/h11,16H,7-10,12H2,1-6H3,(H,25,28). The van der Waals surface area contributed by atoms with Crippen LogP contribution in [0.1, 0.15) is 69.0 Å². The number of alkyl halides is 2. The first kappa shape index (κ1) is 20.7. The highest BCUT2D eigenvalue weighted by molar-refractivity contribution is 5.61. The number of aromatic amines is 1. The summed E-state index contributed by atoms with van der Waals surface area (Å²) in [4.78, 5) is 15.7. The van der Waals surface area contributed by atoms with Gasteiger partial charge in [0.2, 0.25) is 5.92 Å². The van der Waals surface area contributed by atoms with Crippen LogP contribution < -0.4 is 5.43 Å². The Balaban J connectivity index is 2.06. The van der Waals surface area contributed by atoms with Gasteiger partial charge in [-0.1, -0.05) is 20.8 Å². The predicted octanol–water partition coefficient (Wildman–Crippen LogP) is 5.29. The highest BCUT2D eigenvalue weighted by Crippen LogP contribution is 2.38. The minimum atomic E-state index is -2.53. The molecule has 1 aliphatic rings. The predicted molar refractivity (Wildman–Crippen MR) is 108 cm³/mol. The summed E-state index contributed by atoms with van der Waals surface area (Å²) in [6, 6.07) is 1.63. The number of hydrogen-bond donors (Lipinski definition) is 1. The number of aryl methyl sites for hydroxylation is 1. The Morgan fingerprint density at radius 3 is 2.32 bits per heavy atom. The SMILES string of the molecule is Cc1[nH]c(-c2c(C)c(C(C)(C)C)nn2CC2CCC(F)(F)CC2)cc(=O)c1C. The molecule has 6 heteroatoms. The first-order valence-corrected chi connectivity index (χ1v) is 10.1. The second-order valence-corrected chi connectivity index (χ2v) is 9.35. The molecule has 2 heterocycles. The largest absolute Gasteiger partial charge is 0.357 e. The normalized spacial score (nSPS) is 17.9. The molecule has 0 saturated heterocycles. The summed E-state index contributed by atoms with van der Waals surface area (Å²) in [5.74, 6) is -2.36. The van der Waals surface area contributed by atoms with E-state index in [9.17, 15) is 13.6 Å². The van der Waals surface area contributed by atoms with Crippen molar-refractivity contribution < 1.29 is 8.78 Å². The maximum Gasteiger partial charge on any atom is 0.248 e. The van der Waals surface area contributed by atoms with Crippen LogP contribution in [-0.4, -0.2) is 20.7 Å². The van der Waals surface area contributed by atoms with Crippen molar-refractivity contribution in [3.63, 3.8) is 0 Å². The molecule has 0 spiro atoms. The van der Waals surface area contributed by atoms with Crippen LogP contribution in [0.25, 0.3) is 11.4 Å². The van der Waals surface area contributed by atoms with Gasteiger partial charge in [0.1, 0.15) is 0 Å². The summed E-state index contributed by atoms with van der Waals surface area (Å²) in [5, 5.41) is 4.88. The van der Waals surface area contributed by atoms with Gasteiger partial charge >= 0.3 is 0 Å². The Morgan fingerprint density at radius 1 is 1.18 bits per heavy atom. The Labute approximate surface area is 165 Å². The van der Waals surface area contributed by atoms with Crippen LogP contribution >= 0.6 is 0 Å². The minimum absolute atomic E-state index is 0.00647. The summed E-state index contributed by atoms with van der Waals surface area (Å²) in [5.41, 5.74) is 5.03. The van der Waals surface area contributed by atoms with Gasteiger partial charge in [-0.05, 0) is 39.5 Å². The molecule has 154 valence electrons. The zero-order valence-corrected chi connectivity index (χ0v) is 17.7. The Bertz CT molecular complexity index is 924. The van der Waals surface area contributed by atoms with Crippen molar-refractivity contribution in [2.75, 3.05) is 0 Å². The number of nitrogens with zero attached hydrogens (tertiary/aromatic N) is 2. The van der Waals surface area contributed by atoms with Gasteiger partial charge in [-0.25, -0.2) is 8.78 Å².